The van der Waals surface area contributed by atoms with Crippen LogP contribution < -0.4 is 15.0 Å². The molecule has 3 aliphatic rings. The fraction of sp³-hybridized carbons (Fsp3) is 0.167. The number of ether oxygens (including phenoxy) is 1. The zero-order valence-corrected chi connectivity index (χ0v) is 19.4. The molecule has 3 aromatic carbocycles. The molecule has 1 N–H and O–H groups in total. The molecule has 3 aliphatic heterocycles. The maximum atomic E-state index is 13.6. The summed E-state index contributed by atoms with van der Waals surface area (Å²) in [5.74, 6) is 1.45. The van der Waals surface area contributed by atoms with Crippen molar-refractivity contribution in [1.82, 2.24) is 0 Å². The van der Waals surface area contributed by atoms with Gasteiger partial charge in [0.15, 0.2) is 11.9 Å². The van der Waals surface area contributed by atoms with E-state index in [0.717, 1.165) is 38.6 Å². The number of methoxy groups -OCH3 is 1. The lowest BCUT2D eigenvalue weighted by molar-refractivity contribution is -0.117. The van der Waals surface area contributed by atoms with E-state index in [4.69, 9.17) is 9.57 Å². The molecular formula is C24H18BrN3O3S. The Kier molecular flexibility index (Phi) is 4.48. The molecule has 3 heterocycles. The molecule has 1 amide bonds. The van der Waals surface area contributed by atoms with Crippen LogP contribution in [0.25, 0.3) is 0 Å². The van der Waals surface area contributed by atoms with Gasteiger partial charge in [-0.1, -0.05) is 51.4 Å². The molecule has 0 radical (unpaired) electrons. The summed E-state index contributed by atoms with van der Waals surface area (Å²) in [7, 11) is 1.64. The number of carbonyl (C=O) groups is 1. The first-order chi connectivity index (χ1) is 15.6. The third-order valence-electron chi connectivity index (χ3n) is 6.01. The van der Waals surface area contributed by atoms with Crippen LogP contribution in [0.15, 0.2) is 82.4 Å². The fourth-order valence-electron chi connectivity index (χ4n) is 4.52. The number of oxime groups is 1. The van der Waals surface area contributed by atoms with E-state index < -0.39 is 4.87 Å². The predicted octanol–water partition coefficient (Wildman–Crippen LogP) is 5.27. The molecular weight excluding hydrogens is 490 g/mol. The lowest BCUT2D eigenvalue weighted by Gasteiger charge is -2.33. The minimum Gasteiger partial charge on any atom is -0.497 e. The molecule has 0 aliphatic carbocycles. The largest absolute Gasteiger partial charge is 0.497 e. The molecule has 6 nitrogen and oxygen atoms in total. The van der Waals surface area contributed by atoms with Gasteiger partial charge in [0, 0.05) is 21.4 Å². The number of amides is 1. The second-order valence-electron chi connectivity index (χ2n) is 7.74. The number of rotatable bonds is 3. The van der Waals surface area contributed by atoms with E-state index in [1.165, 1.54) is 0 Å². The quantitative estimate of drug-likeness (QED) is 0.523. The van der Waals surface area contributed by atoms with Crippen molar-refractivity contribution in [3.63, 3.8) is 0 Å². The van der Waals surface area contributed by atoms with Gasteiger partial charge >= 0.3 is 0 Å². The number of benzene rings is 3. The molecule has 6 rings (SSSR count). The summed E-state index contributed by atoms with van der Waals surface area (Å²) < 4.78 is 6.26. The van der Waals surface area contributed by atoms with Crippen LogP contribution in [-0.4, -0.2) is 24.1 Å². The van der Waals surface area contributed by atoms with Gasteiger partial charge in [0.1, 0.15) is 11.0 Å². The van der Waals surface area contributed by atoms with Crippen LogP contribution >= 0.6 is 27.7 Å². The van der Waals surface area contributed by atoms with E-state index in [1.54, 1.807) is 18.9 Å². The summed E-state index contributed by atoms with van der Waals surface area (Å²) in [5.41, 5.74) is 3.63. The Labute approximate surface area is 197 Å². The van der Waals surface area contributed by atoms with Crippen molar-refractivity contribution in [2.24, 2.45) is 5.16 Å². The van der Waals surface area contributed by atoms with Gasteiger partial charge in [0.2, 0.25) is 4.87 Å². The number of hydrogen-bond acceptors (Lipinski definition) is 6. The summed E-state index contributed by atoms with van der Waals surface area (Å²) in [6.07, 6.45) is -0.307. The Balaban J connectivity index is 1.49. The van der Waals surface area contributed by atoms with Crippen molar-refractivity contribution in [2.45, 2.75) is 16.2 Å². The average molecular weight is 508 g/mol. The smallest absolute Gasteiger partial charge is 0.266 e. The number of nitrogens with one attached hydrogen (secondary N) is 1. The number of thioether (sulfide) groups is 1. The molecule has 32 heavy (non-hydrogen) atoms. The number of nitrogens with zero attached hydrogens (tertiary/aromatic N) is 2. The Bertz CT molecular complexity index is 1250. The van der Waals surface area contributed by atoms with Gasteiger partial charge in [-0.15, -0.1) is 11.8 Å². The van der Waals surface area contributed by atoms with Gasteiger partial charge < -0.3 is 14.9 Å². The monoisotopic (exact) mass is 507 g/mol. The first-order valence-electron chi connectivity index (χ1n) is 10.1. The molecule has 1 spiro atoms. The topological polar surface area (TPSA) is 63.2 Å². The molecule has 3 atom stereocenters. The highest BCUT2D eigenvalue weighted by atomic mass is 79.9. The minimum atomic E-state index is -0.956. The Morgan fingerprint density at radius 3 is 2.59 bits per heavy atom. The molecule has 1 saturated heterocycles. The zero-order chi connectivity index (χ0) is 21.9. The van der Waals surface area contributed by atoms with Crippen LogP contribution in [0.5, 0.6) is 5.75 Å². The molecule has 3 aromatic rings. The number of fused-ring (bicyclic) bond motifs is 3. The number of carbonyl (C=O) groups excluding carboxylic acids is 1. The van der Waals surface area contributed by atoms with Crippen molar-refractivity contribution < 1.29 is 14.4 Å². The zero-order valence-electron chi connectivity index (χ0n) is 17.0. The van der Waals surface area contributed by atoms with Gasteiger partial charge in [-0.2, -0.15) is 0 Å². The van der Waals surface area contributed by atoms with Gasteiger partial charge in [-0.25, -0.2) is 0 Å². The van der Waals surface area contributed by atoms with E-state index >= 15 is 0 Å². The number of para-hydroxylation sites is 1. The van der Waals surface area contributed by atoms with Gasteiger partial charge in [0.05, 0.1) is 7.11 Å². The first kappa shape index (κ1) is 19.7. The van der Waals surface area contributed by atoms with Crippen molar-refractivity contribution >= 4 is 50.8 Å². The van der Waals surface area contributed by atoms with Gasteiger partial charge in [0.25, 0.3) is 5.91 Å². The summed E-state index contributed by atoms with van der Waals surface area (Å²) in [4.78, 5) is 20.6. The molecule has 8 heteroatoms. The van der Waals surface area contributed by atoms with Crippen molar-refractivity contribution in [2.75, 3.05) is 17.3 Å². The van der Waals surface area contributed by atoms with E-state index in [2.05, 4.69) is 26.4 Å². The SMILES string of the molecule is COc1ccc(C2ON=C3C2SC2(C(=O)Nc4ccccc42)N3c2ccc(Br)cc2)cc1. The van der Waals surface area contributed by atoms with E-state index in [0.29, 0.717) is 0 Å². The summed E-state index contributed by atoms with van der Waals surface area (Å²) >= 11 is 5.08. The average Bonchev–Trinajstić information content (AvgIpc) is 3.46. The fourth-order valence-corrected chi connectivity index (χ4v) is 6.51. The summed E-state index contributed by atoms with van der Waals surface area (Å²) in [6.45, 7) is 0. The van der Waals surface area contributed by atoms with E-state index in [-0.39, 0.29) is 17.3 Å². The van der Waals surface area contributed by atoms with Crippen LogP contribution in [0.1, 0.15) is 17.2 Å². The summed E-state index contributed by atoms with van der Waals surface area (Å²) in [5, 5.41) is 7.43. The lowest BCUT2D eigenvalue weighted by Crippen LogP contribution is -2.47. The highest BCUT2D eigenvalue weighted by molar-refractivity contribution is 9.10. The van der Waals surface area contributed by atoms with Crippen LogP contribution in [0.4, 0.5) is 11.4 Å². The number of amidine groups is 1. The van der Waals surface area contributed by atoms with E-state index in [1.807, 2.05) is 77.7 Å². The first-order valence-corrected chi connectivity index (χ1v) is 11.8. The Hall–Kier alpha value is -2.97. The van der Waals surface area contributed by atoms with Gasteiger partial charge in [-0.3, -0.25) is 9.69 Å². The van der Waals surface area contributed by atoms with Crippen LogP contribution in [0, 0.1) is 0 Å². The summed E-state index contributed by atoms with van der Waals surface area (Å²) in [6, 6.07) is 23.6. The Morgan fingerprint density at radius 2 is 1.84 bits per heavy atom. The molecule has 0 saturated carbocycles. The maximum absolute atomic E-state index is 13.6. The predicted molar refractivity (Wildman–Crippen MR) is 129 cm³/mol. The Morgan fingerprint density at radius 1 is 1.09 bits per heavy atom. The van der Waals surface area contributed by atoms with Crippen molar-refractivity contribution in [3.05, 3.63) is 88.4 Å². The van der Waals surface area contributed by atoms with E-state index in [9.17, 15) is 4.79 Å². The number of halogens is 1. The molecule has 1 fully saturated rings. The molecule has 0 bridgehead atoms. The van der Waals surface area contributed by atoms with Crippen molar-refractivity contribution in [3.8, 4) is 5.75 Å². The number of hydrogen-bond donors (Lipinski definition) is 1. The van der Waals surface area contributed by atoms with Crippen LogP contribution in [0.2, 0.25) is 0 Å². The molecule has 3 unspecified atom stereocenters. The molecule has 160 valence electrons. The van der Waals surface area contributed by atoms with Crippen LogP contribution in [0.3, 0.4) is 0 Å². The maximum Gasteiger partial charge on any atom is 0.266 e. The molecule has 0 aromatic heterocycles. The standard InChI is InChI=1S/C24H18BrN3O3S/c1-30-17-12-6-14(7-13-17)20-21-22(27-31-20)28(16-10-8-15(25)9-11-16)24(32-21)18-4-2-3-5-19(18)26-23(24)29/h2-13,20-21H,1H3,(H,26,29). The highest BCUT2D eigenvalue weighted by Crippen LogP contribution is 2.60. The third-order valence-corrected chi connectivity index (χ3v) is 8.18. The second kappa shape index (κ2) is 7.28. The number of anilines is 2. The van der Waals surface area contributed by atoms with Gasteiger partial charge in [-0.05, 0) is 48.0 Å². The normalized spacial score (nSPS) is 25.2. The van der Waals surface area contributed by atoms with Crippen molar-refractivity contribution in [1.29, 1.82) is 0 Å². The second-order valence-corrected chi connectivity index (χ2v) is 9.99. The third kappa shape index (κ3) is 2.72. The van der Waals surface area contributed by atoms with Crippen LogP contribution in [-0.2, 0) is 14.5 Å². The lowest BCUT2D eigenvalue weighted by atomic mass is 10.0. The highest BCUT2D eigenvalue weighted by Gasteiger charge is 2.64. The minimum absolute atomic E-state index is 0.0720.